The number of benzene rings is 3. The Labute approximate surface area is 193 Å². The molecule has 0 radical (unpaired) electrons. The molecule has 0 saturated heterocycles. The van der Waals surface area contributed by atoms with Crippen LogP contribution in [-0.4, -0.2) is 48.1 Å². The normalized spacial score (nSPS) is 15.9. The Hall–Kier alpha value is -3.35. The summed E-state index contributed by atoms with van der Waals surface area (Å²) in [5.41, 5.74) is 4.50. The average molecular weight is 448 g/mol. The van der Waals surface area contributed by atoms with E-state index in [1.165, 1.54) is 0 Å². The first kappa shape index (κ1) is 22.8. The van der Waals surface area contributed by atoms with Crippen molar-refractivity contribution >= 4 is 5.97 Å². The number of hydrogen-bond acceptors (Lipinski definition) is 5. The molecule has 0 bridgehead atoms. The van der Waals surface area contributed by atoms with Gasteiger partial charge in [0.25, 0.3) is 0 Å². The highest BCUT2D eigenvalue weighted by Gasteiger charge is 2.20. The molecule has 1 aliphatic heterocycles. The van der Waals surface area contributed by atoms with Crippen LogP contribution in [0.15, 0.2) is 66.7 Å². The Balaban J connectivity index is 1.25. The van der Waals surface area contributed by atoms with Gasteiger partial charge in [-0.15, -0.1) is 0 Å². The van der Waals surface area contributed by atoms with Crippen molar-refractivity contribution in [1.29, 1.82) is 0 Å². The van der Waals surface area contributed by atoms with Crippen LogP contribution in [0.1, 0.15) is 27.9 Å². The Kier molecular flexibility index (Phi) is 7.27. The van der Waals surface area contributed by atoms with Gasteiger partial charge in [-0.2, -0.15) is 0 Å². The van der Waals surface area contributed by atoms with Crippen molar-refractivity contribution in [3.05, 3.63) is 83.4 Å². The molecule has 33 heavy (non-hydrogen) atoms. The second-order valence-corrected chi connectivity index (χ2v) is 8.37. The highest BCUT2D eigenvalue weighted by atomic mass is 16.5. The van der Waals surface area contributed by atoms with Crippen molar-refractivity contribution in [2.75, 3.05) is 19.7 Å². The molecule has 0 saturated carbocycles. The number of para-hydroxylation sites is 1. The fourth-order valence-electron chi connectivity index (χ4n) is 3.95. The quantitative estimate of drug-likeness (QED) is 0.458. The number of hydrogen-bond donors (Lipinski definition) is 3. The van der Waals surface area contributed by atoms with E-state index in [1.54, 1.807) is 12.1 Å². The Morgan fingerprint density at radius 2 is 1.88 bits per heavy atom. The number of nitrogens with one attached hydrogen (secondary N) is 1. The molecule has 0 fully saturated rings. The van der Waals surface area contributed by atoms with Gasteiger partial charge in [-0.1, -0.05) is 36.4 Å². The van der Waals surface area contributed by atoms with Crippen LogP contribution in [-0.2, 0) is 6.42 Å². The summed E-state index contributed by atoms with van der Waals surface area (Å²) in [6.45, 7) is 3.31. The van der Waals surface area contributed by atoms with Gasteiger partial charge in [0.1, 0.15) is 30.3 Å². The van der Waals surface area contributed by atoms with Gasteiger partial charge in [-0.3, -0.25) is 0 Å². The first-order valence-corrected chi connectivity index (χ1v) is 11.2. The van der Waals surface area contributed by atoms with Gasteiger partial charge in [-0.05, 0) is 72.4 Å². The molecule has 2 atom stereocenters. The van der Waals surface area contributed by atoms with Crippen LogP contribution in [0.3, 0.4) is 0 Å². The van der Waals surface area contributed by atoms with E-state index in [-0.39, 0.29) is 18.3 Å². The second-order valence-electron chi connectivity index (χ2n) is 8.37. The molecule has 6 nitrogen and oxygen atoms in total. The van der Waals surface area contributed by atoms with E-state index in [4.69, 9.17) is 14.6 Å². The third kappa shape index (κ3) is 5.92. The lowest BCUT2D eigenvalue weighted by molar-refractivity contribution is 0.0697. The van der Waals surface area contributed by atoms with Crippen LogP contribution in [0.2, 0.25) is 0 Å². The summed E-state index contributed by atoms with van der Waals surface area (Å²) >= 11 is 0. The number of aliphatic hydroxyl groups is 1. The number of fused-ring (bicyclic) bond motifs is 1. The average Bonchev–Trinajstić information content (AvgIpc) is 2.83. The van der Waals surface area contributed by atoms with Crippen LogP contribution >= 0.6 is 0 Å². The minimum absolute atomic E-state index is 0.0442. The zero-order valence-corrected chi connectivity index (χ0v) is 18.7. The number of carbonyl (C=O) groups is 1. The molecule has 6 heteroatoms. The highest BCUT2D eigenvalue weighted by Crippen LogP contribution is 2.32. The van der Waals surface area contributed by atoms with Gasteiger partial charge in [0, 0.05) is 13.1 Å². The van der Waals surface area contributed by atoms with E-state index in [0.29, 0.717) is 13.1 Å². The number of carboxylic acid groups (broad SMARTS) is 1. The molecule has 0 aliphatic carbocycles. The number of aryl methyl sites for hydroxylation is 2. The lowest BCUT2D eigenvalue weighted by atomic mass is 9.96. The fourth-order valence-corrected chi connectivity index (χ4v) is 3.95. The summed E-state index contributed by atoms with van der Waals surface area (Å²) in [6.07, 6.45) is 1.23. The molecule has 4 rings (SSSR count). The lowest BCUT2D eigenvalue weighted by Gasteiger charge is -2.27. The molecule has 0 spiro atoms. The van der Waals surface area contributed by atoms with Crippen molar-refractivity contribution in [2.24, 2.45) is 0 Å². The zero-order chi connectivity index (χ0) is 23.2. The first-order chi connectivity index (χ1) is 16.0. The Bertz CT molecular complexity index is 1100. The maximum absolute atomic E-state index is 11.0. The minimum Gasteiger partial charge on any atom is -0.491 e. The molecular formula is C27H29NO5. The Morgan fingerprint density at radius 3 is 2.64 bits per heavy atom. The summed E-state index contributed by atoms with van der Waals surface area (Å²) in [6, 6.07) is 20.8. The van der Waals surface area contributed by atoms with E-state index in [1.807, 2.05) is 55.5 Å². The first-order valence-electron chi connectivity index (χ1n) is 11.2. The van der Waals surface area contributed by atoms with Gasteiger partial charge >= 0.3 is 5.97 Å². The molecule has 0 aromatic heterocycles. The predicted octanol–water partition coefficient (Wildman–Crippen LogP) is 4.08. The summed E-state index contributed by atoms with van der Waals surface area (Å²) in [4.78, 5) is 11.0. The Morgan fingerprint density at radius 1 is 1.12 bits per heavy atom. The van der Waals surface area contributed by atoms with Crippen molar-refractivity contribution in [3.63, 3.8) is 0 Å². The maximum atomic E-state index is 11.0. The summed E-state index contributed by atoms with van der Waals surface area (Å²) in [5, 5.41) is 22.6. The summed E-state index contributed by atoms with van der Waals surface area (Å²) in [5.74, 6) is 0.745. The van der Waals surface area contributed by atoms with Gasteiger partial charge in [0.15, 0.2) is 0 Å². The maximum Gasteiger partial charge on any atom is 0.335 e. The predicted molar refractivity (Wildman–Crippen MR) is 127 cm³/mol. The van der Waals surface area contributed by atoms with E-state index >= 15 is 0 Å². The van der Waals surface area contributed by atoms with Crippen molar-refractivity contribution in [2.45, 2.75) is 32.0 Å². The van der Waals surface area contributed by atoms with Crippen molar-refractivity contribution in [3.8, 4) is 22.6 Å². The fraction of sp³-hybridized carbons (Fsp3) is 0.296. The summed E-state index contributed by atoms with van der Waals surface area (Å²) in [7, 11) is 0. The molecular weight excluding hydrogens is 418 g/mol. The third-order valence-corrected chi connectivity index (χ3v) is 5.83. The topological polar surface area (TPSA) is 88.0 Å². The van der Waals surface area contributed by atoms with E-state index in [9.17, 15) is 9.90 Å². The molecule has 172 valence electrons. The number of aliphatic hydroxyl groups excluding tert-OH is 1. The summed E-state index contributed by atoms with van der Waals surface area (Å²) < 4.78 is 11.9. The standard InChI is InChI=1S/C27H29NO5/c1-18-4-2-3-5-25(18)32-17-23(29)15-28-16-24-12-10-22-14-21(11-13-26(22)33-24)19-6-8-20(9-7-19)27(30)31/h2-9,11,13-14,23-24,28-29H,10,12,15-17H2,1H3,(H,30,31). The highest BCUT2D eigenvalue weighted by molar-refractivity contribution is 5.88. The van der Waals surface area contributed by atoms with Crippen molar-refractivity contribution < 1.29 is 24.5 Å². The largest absolute Gasteiger partial charge is 0.491 e. The van der Waals surface area contributed by atoms with Crippen LogP contribution in [0.4, 0.5) is 0 Å². The van der Waals surface area contributed by atoms with Gasteiger partial charge in [0.05, 0.1) is 5.56 Å². The van der Waals surface area contributed by atoms with Gasteiger partial charge < -0.3 is 25.0 Å². The van der Waals surface area contributed by atoms with E-state index in [0.717, 1.165) is 46.6 Å². The number of aromatic carboxylic acids is 1. The monoisotopic (exact) mass is 447 g/mol. The molecule has 3 N–H and O–H groups in total. The minimum atomic E-state index is -0.925. The molecule has 3 aromatic rings. The molecule has 0 amide bonds. The molecule has 2 unspecified atom stereocenters. The second kappa shape index (κ2) is 10.5. The third-order valence-electron chi connectivity index (χ3n) is 5.83. The molecule has 3 aromatic carbocycles. The molecule has 1 heterocycles. The van der Waals surface area contributed by atoms with Gasteiger partial charge in [0.2, 0.25) is 0 Å². The van der Waals surface area contributed by atoms with Crippen LogP contribution in [0, 0.1) is 6.92 Å². The van der Waals surface area contributed by atoms with E-state index in [2.05, 4.69) is 11.4 Å². The number of carboxylic acids is 1. The van der Waals surface area contributed by atoms with Crippen LogP contribution in [0.25, 0.3) is 11.1 Å². The number of rotatable bonds is 9. The van der Waals surface area contributed by atoms with Crippen molar-refractivity contribution in [1.82, 2.24) is 5.32 Å². The SMILES string of the molecule is Cc1ccccc1OCC(O)CNCC1CCc2cc(-c3ccc(C(=O)O)cc3)ccc2O1. The number of ether oxygens (including phenoxy) is 2. The smallest absolute Gasteiger partial charge is 0.335 e. The van der Waals surface area contributed by atoms with Crippen LogP contribution in [0.5, 0.6) is 11.5 Å². The zero-order valence-electron chi connectivity index (χ0n) is 18.7. The van der Waals surface area contributed by atoms with Gasteiger partial charge in [-0.25, -0.2) is 4.79 Å². The lowest BCUT2D eigenvalue weighted by Crippen LogP contribution is -2.39. The van der Waals surface area contributed by atoms with E-state index < -0.39 is 12.1 Å². The molecule has 1 aliphatic rings. The van der Waals surface area contributed by atoms with Crippen LogP contribution < -0.4 is 14.8 Å².